The third-order valence-corrected chi connectivity index (χ3v) is 4.35. The van der Waals surface area contributed by atoms with Gasteiger partial charge in [0.1, 0.15) is 0 Å². The van der Waals surface area contributed by atoms with Crippen molar-refractivity contribution >= 4 is 40.2 Å². The van der Waals surface area contributed by atoms with Crippen molar-refractivity contribution in [2.24, 2.45) is 0 Å². The van der Waals surface area contributed by atoms with E-state index in [1.165, 1.54) is 0 Å². The first-order valence-corrected chi connectivity index (χ1v) is 10.8. The van der Waals surface area contributed by atoms with Crippen molar-refractivity contribution in [1.29, 1.82) is 0 Å². The van der Waals surface area contributed by atoms with Crippen LogP contribution in [-0.2, 0) is 22.4 Å². The van der Waals surface area contributed by atoms with Crippen LogP contribution >= 0.6 is 22.6 Å². The van der Waals surface area contributed by atoms with Crippen LogP contribution in [-0.4, -0.2) is 29.1 Å². The van der Waals surface area contributed by atoms with Crippen molar-refractivity contribution in [3.63, 3.8) is 0 Å². The lowest BCUT2D eigenvalue weighted by Crippen LogP contribution is -2.66. The quantitative estimate of drug-likeness (QED) is 0.360. The summed E-state index contributed by atoms with van der Waals surface area (Å²) in [6.45, 7) is 16.3. The summed E-state index contributed by atoms with van der Waals surface area (Å²) in [5, 5.41) is 12.5. The van der Waals surface area contributed by atoms with E-state index in [1.54, 1.807) is 4.90 Å². The van der Waals surface area contributed by atoms with Gasteiger partial charge < -0.3 is 15.3 Å². The van der Waals surface area contributed by atoms with Crippen molar-refractivity contribution in [2.75, 3.05) is 11.4 Å². The number of amides is 1. The molecule has 152 valence electrons. The second-order valence-electron chi connectivity index (χ2n) is 5.40. The second-order valence-corrected chi connectivity index (χ2v) is 6.70. The van der Waals surface area contributed by atoms with Gasteiger partial charge in [-0.3, -0.25) is 4.79 Å². The number of nitrogens with zero attached hydrogens (tertiary/aromatic N) is 1. The largest absolute Gasteiger partial charge is 0.479 e. The van der Waals surface area contributed by atoms with E-state index in [9.17, 15) is 14.7 Å². The third kappa shape index (κ3) is 5.24. The molecule has 27 heavy (non-hydrogen) atoms. The van der Waals surface area contributed by atoms with Gasteiger partial charge in [-0.05, 0) is 46.6 Å². The molecular weight excluding hydrogens is 455 g/mol. The lowest BCUT2D eigenvalue weighted by molar-refractivity contribution is -0.149. The van der Waals surface area contributed by atoms with Crippen LogP contribution in [0.3, 0.4) is 0 Å². The zero-order valence-corrected chi connectivity index (χ0v) is 19.5. The molecule has 2 N–H and O–H groups in total. The first-order valence-electron chi connectivity index (χ1n) is 9.74. The topological polar surface area (TPSA) is 69.6 Å². The number of aryl methyl sites for hydroxylation is 1. The molecule has 1 atom stereocenters. The van der Waals surface area contributed by atoms with E-state index in [-0.39, 0.29) is 6.42 Å². The highest BCUT2D eigenvalue weighted by Crippen LogP contribution is 2.39. The van der Waals surface area contributed by atoms with E-state index < -0.39 is 17.4 Å². The summed E-state index contributed by atoms with van der Waals surface area (Å²) in [5.41, 5.74) is 1.28. The maximum Gasteiger partial charge on any atom is 0.339 e. The molecule has 5 nitrogen and oxygen atoms in total. The Morgan fingerprint density at radius 3 is 2.26 bits per heavy atom. The number of nitrogens with one attached hydrogen (secondary N) is 1. The van der Waals surface area contributed by atoms with Crippen LogP contribution in [0.2, 0.25) is 0 Å². The van der Waals surface area contributed by atoms with Crippen LogP contribution in [0.4, 0.5) is 5.69 Å². The zero-order valence-electron chi connectivity index (χ0n) is 17.4. The van der Waals surface area contributed by atoms with Crippen LogP contribution in [0.25, 0.3) is 0 Å². The number of carbonyl (C=O) groups is 2. The zero-order chi connectivity index (χ0) is 21.2. The Balaban J connectivity index is 0.00000103. The highest BCUT2D eigenvalue weighted by molar-refractivity contribution is 14.1. The summed E-state index contributed by atoms with van der Waals surface area (Å²) in [7, 11) is 0. The van der Waals surface area contributed by atoms with Crippen molar-refractivity contribution in [2.45, 2.75) is 66.3 Å². The Bertz CT molecular complexity index is 661. The number of rotatable bonds is 3. The fraction of sp³-hybridized carbons (Fsp3) is 0.524. The average Bonchev–Trinajstić information content (AvgIpc) is 2.70. The standard InChI is InChI=1S/C15H15IN2O3.3C2H6/c1-9(16)17-15(14(20)21)8-11-5-2-4-10-6-3-7-18(12(10)11)13(15)19;3*1-2/h2,4-5,17H,1,3,6-8H2,(H,20,21);3*1-2H3. The van der Waals surface area contributed by atoms with Crippen molar-refractivity contribution < 1.29 is 14.7 Å². The minimum atomic E-state index is -1.65. The first kappa shape index (κ1) is 25.4. The van der Waals surface area contributed by atoms with E-state index >= 15 is 0 Å². The summed E-state index contributed by atoms with van der Waals surface area (Å²) in [5.74, 6) is -1.56. The normalized spacial score (nSPS) is 18.9. The summed E-state index contributed by atoms with van der Waals surface area (Å²) < 4.78 is 0.444. The van der Waals surface area contributed by atoms with Gasteiger partial charge in [0.05, 0.1) is 9.39 Å². The number of carboxylic acid groups (broad SMARTS) is 1. The van der Waals surface area contributed by atoms with Gasteiger partial charge in [-0.2, -0.15) is 0 Å². The van der Waals surface area contributed by atoms with E-state index in [1.807, 2.05) is 82.3 Å². The van der Waals surface area contributed by atoms with E-state index in [4.69, 9.17) is 0 Å². The van der Waals surface area contributed by atoms with Crippen LogP contribution in [0.1, 0.15) is 59.1 Å². The molecule has 0 fully saturated rings. The monoisotopic (exact) mass is 488 g/mol. The lowest BCUT2D eigenvalue weighted by atomic mass is 9.81. The molecule has 0 bridgehead atoms. The highest BCUT2D eigenvalue weighted by Gasteiger charge is 2.53. The molecule has 0 aliphatic carbocycles. The smallest absolute Gasteiger partial charge is 0.339 e. The van der Waals surface area contributed by atoms with Gasteiger partial charge in [0.15, 0.2) is 0 Å². The molecule has 1 unspecified atom stereocenters. The number of aliphatic carboxylic acids is 1. The molecule has 0 saturated carbocycles. The van der Waals surface area contributed by atoms with Crippen LogP contribution in [0.5, 0.6) is 0 Å². The third-order valence-electron chi connectivity index (χ3n) is 4.08. The van der Waals surface area contributed by atoms with Crippen LogP contribution in [0.15, 0.2) is 28.5 Å². The van der Waals surface area contributed by atoms with Gasteiger partial charge >= 0.3 is 5.97 Å². The summed E-state index contributed by atoms with van der Waals surface area (Å²) >= 11 is 1.90. The van der Waals surface area contributed by atoms with Crippen molar-refractivity contribution in [3.05, 3.63) is 39.6 Å². The number of anilines is 1. The van der Waals surface area contributed by atoms with Crippen LogP contribution < -0.4 is 10.2 Å². The van der Waals surface area contributed by atoms with E-state index in [0.29, 0.717) is 10.2 Å². The molecule has 1 aromatic carbocycles. The van der Waals surface area contributed by atoms with Gasteiger partial charge in [0.2, 0.25) is 5.54 Å². The van der Waals surface area contributed by atoms with E-state index in [2.05, 4.69) is 11.9 Å². The van der Waals surface area contributed by atoms with Gasteiger partial charge in [-0.15, -0.1) is 0 Å². The fourth-order valence-corrected chi connectivity index (χ4v) is 3.68. The molecule has 1 aromatic rings. The van der Waals surface area contributed by atoms with Crippen LogP contribution in [0, 0.1) is 0 Å². The molecule has 0 radical (unpaired) electrons. The Labute approximate surface area is 177 Å². The Kier molecular flexibility index (Phi) is 11.3. The molecule has 2 heterocycles. The molecule has 2 aliphatic rings. The van der Waals surface area contributed by atoms with Gasteiger partial charge in [-0.25, -0.2) is 4.79 Å². The Hall–Kier alpha value is -1.57. The molecule has 0 spiro atoms. The molecule has 0 saturated heterocycles. The van der Waals surface area contributed by atoms with Gasteiger partial charge in [0, 0.05) is 13.0 Å². The summed E-state index contributed by atoms with van der Waals surface area (Å²) in [6, 6.07) is 5.84. The Morgan fingerprint density at radius 2 is 1.74 bits per heavy atom. The number of carboxylic acids is 1. The number of para-hydroxylation sites is 1. The minimum absolute atomic E-state index is 0.142. The molecular formula is C21H33IN2O3. The first-order chi connectivity index (χ1) is 13.0. The predicted octanol–water partition coefficient (Wildman–Crippen LogP) is 4.92. The number of halogens is 1. The lowest BCUT2D eigenvalue weighted by Gasteiger charge is -2.43. The molecule has 6 heteroatoms. The van der Waals surface area contributed by atoms with Crippen molar-refractivity contribution in [3.8, 4) is 0 Å². The predicted molar refractivity (Wildman–Crippen MR) is 122 cm³/mol. The SMILES string of the molecule is C=C(I)NC1(C(=O)O)Cc2cccc3c2N(CCC3)C1=O.CC.CC.CC. The molecule has 0 aromatic heterocycles. The number of hydrogen-bond acceptors (Lipinski definition) is 3. The van der Waals surface area contributed by atoms with Gasteiger partial charge in [-0.1, -0.05) is 66.3 Å². The molecule has 1 amide bonds. The Morgan fingerprint density at radius 1 is 1.19 bits per heavy atom. The summed E-state index contributed by atoms with van der Waals surface area (Å²) in [6.07, 6.45) is 1.92. The number of carbonyl (C=O) groups excluding carboxylic acids is 1. The maximum absolute atomic E-state index is 12.8. The van der Waals surface area contributed by atoms with E-state index in [0.717, 1.165) is 29.7 Å². The fourth-order valence-electron chi connectivity index (χ4n) is 3.22. The molecule has 3 rings (SSSR count). The van der Waals surface area contributed by atoms with Crippen molar-refractivity contribution in [1.82, 2.24) is 5.32 Å². The number of hydrogen-bond donors (Lipinski definition) is 2. The minimum Gasteiger partial charge on any atom is -0.479 e. The highest BCUT2D eigenvalue weighted by atomic mass is 127. The second kappa shape index (κ2) is 12.0. The summed E-state index contributed by atoms with van der Waals surface area (Å²) in [4.78, 5) is 26.3. The molecule has 2 aliphatic heterocycles. The van der Waals surface area contributed by atoms with Gasteiger partial charge in [0.25, 0.3) is 5.91 Å². The maximum atomic E-state index is 12.8. The average molecular weight is 488 g/mol. The number of benzene rings is 1.